The number of carbonyl (C=O) groups is 2. The molecule has 2 aliphatic carbocycles. The van der Waals surface area contributed by atoms with E-state index < -0.39 is 0 Å². The van der Waals surface area contributed by atoms with Crippen LogP contribution in [0.2, 0.25) is 0 Å². The molecule has 6 rings (SSSR count). The third-order valence-electron chi connectivity index (χ3n) is 7.41. The smallest absolute Gasteiger partial charge is 0.305 e. The van der Waals surface area contributed by atoms with Crippen molar-refractivity contribution >= 4 is 40.6 Å². The highest BCUT2D eigenvalue weighted by atomic mass is 32.2. The predicted octanol–water partition coefficient (Wildman–Crippen LogP) is 3.26. The third-order valence-corrected chi connectivity index (χ3v) is 10.2. The Hall–Kier alpha value is -1.86. The van der Waals surface area contributed by atoms with Gasteiger partial charge in [-0.1, -0.05) is 43.4 Å². The van der Waals surface area contributed by atoms with Gasteiger partial charge >= 0.3 is 4.87 Å². The van der Waals surface area contributed by atoms with E-state index in [0.717, 1.165) is 16.3 Å². The number of hydrogen-bond donors (Lipinski definition) is 1. The number of aromatic nitrogens is 1. The average Bonchev–Trinajstić information content (AvgIpc) is 3.37. The van der Waals surface area contributed by atoms with Gasteiger partial charge in [0.05, 0.1) is 22.5 Å². The molecule has 6 atom stereocenters. The zero-order valence-electron chi connectivity index (χ0n) is 15.5. The monoisotopic (exact) mass is 412 g/mol. The molecule has 3 fully saturated rings. The van der Waals surface area contributed by atoms with Gasteiger partial charge in [0.25, 0.3) is 0 Å². The van der Waals surface area contributed by atoms with Crippen molar-refractivity contribution in [3.8, 4) is 0 Å². The van der Waals surface area contributed by atoms with Crippen LogP contribution in [0.4, 0.5) is 5.69 Å². The van der Waals surface area contributed by atoms with Crippen molar-refractivity contribution in [2.24, 2.45) is 29.6 Å². The first kappa shape index (κ1) is 17.0. The summed E-state index contributed by atoms with van der Waals surface area (Å²) < 4.78 is 0. The minimum absolute atomic E-state index is 0.0134. The van der Waals surface area contributed by atoms with E-state index in [2.05, 4.69) is 18.8 Å². The molecule has 1 saturated heterocycles. The lowest BCUT2D eigenvalue weighted by Gasteiger charge is -2.47. The number of thiazole rings is 1. The zero-order chi connectivity index (χ0) is 19.4. The number of amides is 2. The lowest BCUT2D eigenvalue weighted by Crippen LogP contribution is -2.48. The Balaban J connectivity index is 1.44. The summed E-state index contributed by atoms with van der Waals surface area (Å²) in [7, 11) is 0. The number of para-hydroxylation sites is 1. The van der Waals surface area contributed by atoms with E-state index in [0.29, 0.717) is 11.6 Å². The maximum absolute atomic E-state index is 13.4. The summed E-state index contributed by atoms with van der Waals surface area (Å²) in [6.07, 6.45) is 0.945. The predicted molar refractivity (Wildman–Crippen MR) is 109 cm³/mol. The van der Waals surface area contributed by atoms with Crippen LogP contribution in [0.5, 0.6) is 0 Å². The molecule has 0 radical (unpaired) electrons. The van der Waals surface area contributed by atoms with Crippen LogP contribution in [0.1, 0.15) is 25.1 Å². The molecule has 1 N–H and O–H groups in total. The van der Waals surface area contributed by atoms with Gasteiger partial charge in [0, 0.05) is 15.5 Å². The Morgan fingerprint density at radius 2 is 1.71 bits per heavy atom. The molecule has 2 amide bonds. The van der Waals surface area contributed by atoms with E-state index in [1.165, 1.54) is 16.2 Å². The molecule has 7 heteroatoms. The standard InChI is InChI=1S/C21H20N2O3S2/c1-21(2)14-10-8-11(15(14)27-17-16(21)28-20(26)22-17)13-12(10)18(24)23(19(13)25)9-6-4-3-5-7-9/h3-7,10-15H,8H2,1-2H3,(H,22,26)/t10-,11+,12-,13-,14+,15+/m0/s1. The topological polar surface area (TPSA) is 70.2 Å². The van der Waals surface area contributed by atoms with Crippen molar-refractivity contribution in [2.75, 3.05) is 4.90 Å². The number of H-pyrrole nitrogens is 1. The number of fused-ring (bicyclic) bond motifs is 9. The molecule has 2 aromatic rings. The van der Waals surface area contributed by atoms with Gasteiger partial charge in [-0.3, -0.25) is 19.3 Å². The maximum atomic E-state index is 13.4. The van der Waals surface area contributed by atoms with Crippen molar-refractivity contribution < 1.29 is 9.59 Å². The first-order valence-electron chi connectivity index (χ1n) is 9.72. The number of rotatable bonds is 1. The van der Waals surface area contributed by atoms with Crippen molar-refractivity contribution in [3.05, 3.63) is 44.9 Å². The number of carbonyl (C=O) groups excluding carboxylic acids is 2. The molecule has 0 unspecified atom stereocenters. The molecule has 28 heavy (non-hydrogen) atoms. The largest absolute Gasteiger partial charge is 0.307 e. The van der Waals surface area contributed by atoms with Crippen molar-refractivity contribution in [3.63, 3.8) is 0 Å². The molecule has 1 aromatic carbocycles. The quantitative estimate of drug-likeness (QED) is 0.730. The van der Waals surface area contributed by atoms with Crippen molar-refractivity contribution in [1.29, 1.82) is 0 Å². The second-order valence-electron chi connectivity index (χ2n) is 8.97. The van der Waals surface area contributed by atoms with E-state index in [4.69, 9.17) is 0 Å². The van der Waals surface area contributed by atoms with Gasteiger partial charge in [-0.25, -0.2) is 0 Å². The fourth-order valence-electron chi connectivity index (χ4n) is 6.49. The second-order valence-corrected chi connectivity index (χ2v) is 11.1. The molecule has 0 spiro atoms. The van der Waals surface area contributed by atoms with Crippen LogP contribution in [0.25, 0.3) is 0 Å². The van der Waals surface area contributed by atoms with Crippen LogP contribution < -0.4 is 9.77 Å². The Labute approximate surface area is 170 Å². The molecule has 2 saturated carbocycles. The first-order valence-corrected chi connectivity index (χ1v) is 11.4. The van der Waals surface area contributed by atoms with E-state index in [-0.39, 0.29) is 51.0 Å². The van der Waals surface area contributed by atoms with E-state index >= 15 is 0 Å². The third kappa shape index (κ3) is 1.92. The van der Waals surface area contributed by atoms with Crippen LogP contribution in [0, 0.1) is 29.6 Å². The Bertz CT molecular complexity index is 1070. The van der Waals surface area contributed by atoms with Gasteiger partial charge in [-0.05, 0) is 36.3 Å². The minimum Gasteiger partial charge on any atom is -0.307 e. The summed E-state index contributed by atoms with van der Waals surface area (Å²) in [5.74, 6) is 0.237. The lowest BCUT2D eigenvalue weighted by atomic mass is 9.64. The average molecular weight is 413 g/mol. The number of imide groups is 1. The number of nitrogens with zero attached hydrogens (tertiary/aromatic N) is 1. The van der Waals surface area contributed by atoms with Crippen LogP contribution in [0.15, 0.2) is 40.2 Å². The first-order chi connectivity index (χ1) is 13.4. The van der Waals surface area contributed by atoms with Crippen LogP contribution in [-0.4, -0.2) is 22.0 Å². The maximum Gasteiger partial charge on any atom is 0.305 e. The van der Waals surface area contributed by atoms with Gasteiger partial charge in [0.2, 0.25) is 11.8 Å². The molecule has 1 aromatic heterocycles. The van der Waals surface area contributed by atoms with E-state index in [9.17, 15) is 14.4 Å². The molecular weight excluding hydrogens is 392 g/mol. The fourth-order valence-corrected chi connectivity index (χ4v) is 9.64. The van der Waals surface area contributed by atoms with E-state index in [1.807, 2.05) is 30.3 Å². The molecule has 5 nitrogen and oxygen atoms in total. The highest BCUT2D eigenvalue weighted by Crippen LogP contribution is 2.69. The molecular formula is C21H20N2O3S2. The van der Waals surface area contributed by atoms with Crippen LogP contribution >= 0.6 is 23.1 Å². The van der Waals surface area contributed by atoms with Gasteiger partial charge in [-0.2, -0.15) is 0 Å². The number of nitrogens with one attached hydrogen (secondary N) is 1. The SMILES string of the molecule is CC1(C)c2sc(=O)[nH]c2S[C@@H]2[C@@H]3C[C@@H]([C@@H]4C(=O)N(c5ccccc5)C(=O)[C@@H]34)[C@H]21. The lowest BCUT2D eigenvalue weighted by molar-refractivity contribution is -0.123. The second kappa shape index (κ2) is 5.39. The van der Waals surface area contributed by atoms with Gasteiger partial charge < -0.3 is 4.98 Å². The fraction of sp³-hybridized carbons (Fsp3) is 0.476. The summed E-state index contributed by atoms with van der Waals surface area (Å²) in [6, 6.07) is 9.31. The van der Waals surface area contributed by atoms with Gasteiger partial charge in [0.1, 0.15) is 0 Å². The number of hydrogen-bond acceptors (Lipinski definition) is 5. The van der Waals surface area contributed by atoms with Crippen LogP contribution in [0.3, 0.4) is 0 Å². The number of benzene rings is 1. The zero-order valence-corrected chi connectivity index (χ0v) is 17.2. The Morgan fingerprint density at radius 1 is 1.04 bits per heavy atom. The number of anilines is 1. The normalized spacial score (nSPS) is 37.1. The molecule has 2 bridgehead atoms. The number of aromatic amines is 1. The van der Waals surface area contributed by atoms with Crippen molar-refractivity contribution in [1.82, 2.24) is 4.98 Å². The highest BCUT2D eigenvalue weighted by Gasteiger charge is 2.70. The molecule has 144 valence electrons. The summed E-state index contributed by atoms with van der Waals surface area (Å²) in [5.41, 5.74) is 0.521. The minimum atomic E-state index is -0.214. The molecule has 2 aliphatic heterocycles. The van der Waals surface area contributed by atoms with Crippen LogP contribution in [-0.2, 0) is 15.0 Å². The summed E-state index contributed by atoms with van der Waals surface area (Å²) in [5, 5.41) is 1.26. The molecule has 3 heterocycles. The van der Waals surface area contributed by atoms with Gasteiger partial charge in [-0.15, -0.1) is 11.8 Å². The Kier molecular flexibility index (Phi) is 3.28. The van der Waals surface area contributed by atoms with Crippen molar-refractivity contribution in [2.45, 2.75) is 36.0 Å². The number of thioether (sulfide) groups is 1. The van der Waals surface area contributed by atoms with Gasteiger partial charge in [0.15, 0.2) is 0 Å². The Morgan fingerprint density at radius 3 is 2.43 bits per heavy atom. The summed E-state index contributed by atoms with van der Waals surface area (Å²) in [6.45, 7) is 4.41. The van der Waals surface area contributed by atoms with E-state index in [1.54, 1.807) is 11.8 Å². The molecule has 4 aliphatic rings. The summed E-state index contributed by atoms with van der Waals surface area (Å²) in [4.78, 5) is 44.2. The highest BCUT2D eigenvalue weighted by molar-refractivity contribution is 8.00. The summed E-state index contributed by atoms with van der Waals surface area (Å²) >= 11 is 3.04.